The third-order valence-electron chi connectivity index (χ3n) is 0. The fourth-order valence-electron chi connectivity index (χ4n) is 0. The van der Waals surface area contributed by atoms with Crippen LogP contribution in [0.2, 0.25) is 0 Å². The van der Waals surface area contributed by atoms with Gasteiger partial charge in [-0.2, -0.15) is 15.8 Å². The molecule has 0 fully saturated rings. The maximum Gasteiger partial charge on any atom is 1.00 e. The maximum absolute atomic E-state index is 7.18. The van der Waals surface area contributed by atoms with Gasteiger partial charge in [-0.15, -0.1) is 0 Å². The molecule has 0 aromatic heterocycles. The first-order chi connectivity index (χ1) is 4.24. The average Bonchev–Trinajstić information content (AvgIpc) is 1.70. The van der Waals surface area contributed by atoms with E-state index in [0.29, 0.717) is 0 Å². The van der Waals surface area contributed by atoms with Crippen LogP contribution in [-0.2, 0) is 0 Å². The molecule has 0 saturated heterocycles. The van der Waals surface area contributed by atoms with Crippen molar-refractivity contribution in [2.75, 3.05) is 0 Å². The Kier molecular flexibility index (Phi) is 125. The predicted octanol–water partition coefficient (Wildman–Crippen LogP) is -1.69. The molecule has 0 amide bonds. The molecule has 0 N–H and O–H groups in total. The number of hydrogen-bond donors (Lipinski definition) is 3. The van der Waals surface area contributed by atoms with Crippen molar-refractivity contribution in [1.82, 2.24) is 0 Å². The van der Waals surface area contributed by atoms with Crippen molar-refractivity contribution in [3.63, 3.8) is 0 Å². The minimum atomic E-state index is 0. The van der Waals surface area contributed by atoms with Crippen LogP contribution in [0.3, 0.4) is 0 Å². The molecule has 0 rings (SSSR count). The van der Waals surface area contributed by atoms with Crippen LogP contribution >= 0.6 is 37.9 Å². The Morgan fingerprint density at radius 2 is 0.800 bits per heavy atom. The fourth-order valence-corrected chi connectivity index (χ4v) is 0. The van der Waals surface area contributed by atoms with Crippen LogP contribution < -0.4 is 29.6 Å². The van der Waals surface area contributed by atoms with E-state index in [9.17, 15) is 0 Å². The van der Waals surface area contributed by atoms with Gasteiger partial charge in [0.25, 0.3) is 0 Å². The molecule has 50 valence electrons. The van der Waals surface area contributed by atoms with Crippen LogP contribution in [0.4, 0.5) is 0 Å². The number of thiocyanates is 3. The minimum Gasteiger partial charge on any atom is -1.00 e. The van der Waals surface area contributed by atoms with Gasteiger partial charge in [-0.1, -0.05) is 37.9 Å². The number of nitriles is 3. The molecule has 0 saturated carbocycles. The summed E-state index contributed by atoms with van der Waals surface area (Å²) in [5.41, 5.74) is 0. The molecule has 0 unspecified atom stereocenters. The Morgan fingerprint density at radius 1 is 0.800 bits per heavy atom. The minimum absolute atomic E-state index is 0. The third-order valence-corrected chi connectivity index (χ3v) is 0. The zero-order valence-electron chi connectivity index (χ0n) is 6.18. The van der Waals surface area contributed by atoms with E-state index in [1.165, 1.54) is 16.2 Å². The smallest absolute Gasteiger partial charge is 1.00 e. The number of nitrogens with zero attached hydrogens (tertiary/aromatic N) is 3. The van der Waals surface area contributed by atoms with Crippen LogP contribution in [0.15, 0.2) is 0 Å². The molecule has 0 aliphatic rings. The van der Waals surface area contributed by atoms with Crippen molar-refractivity contribution in [3.8, 4) is 16.2 Å². The molecule has 0 aliphatic carbocycles. The first-order valence-corrected chi connectivity index (χ1v) is 2.68. The van der Waals surface area contributed by atoms with Crippen LogP contribution in [0.5, 0.6) is 0 Å². The SMILES string of the molecule is N#CS.N#CS.N#CS.[H-].[Na+]. The Labute approximate surface area is 100 Å². The van der Waals surface area contributed by atoms with Crippen molar-refractivity contribution in [2.45, 2.75) is 0 Å². The average molecular weight is 201 g/mol. The van der Waals surface area contributed by atoms with Crippen molar-refractivity contribution >= 4 is 37.9 Å². The molecule has 0 atom stereocenters. The second-order valence-corrected chi connectivity index (χ2v) is 0.900. The molecule has 0 aliphatic heterocycles. The van der Waals surface area contributed by atoms with Gasteiger partial charge in [0.05, 0.1) is 0 Å². The second kappa shape index (κ2) is 55.8. The van der Waals surface area contributed by atoms with Crippen molar-refractivity contribution < 1.29 is 31.0 Å². The summed E-state index contributed by atoms with van der Waals surface area (Å²) in [6.07, 6.45) is 0. The molecule has 7 heteroatoms. The second-order valence-electron chi connectivity index (χ2n) is 0.300. The van der Waals surface area contributed by atoms with Crippen molar-refractivity contribution in [2.24, 2.45) is 0 Å². The topological polar surface area (TPSA) is 71.4 Å². The normalized spacial score (nSPS) is 2.40. The van der Waals surface area contributed by atoms with Gasteiger partial charge >= 0.3 is 29.6 Å². The summed E-state index contributed by atoms with van der Waals surface area (Å²) in [5, 5.41) is 25.9. The quantitative estimate of drug-likeness (QED) is 0.249. The third kappa shape index (κ3) is 1780. The van der Waals surface area contributed by atoms with Gasteiger partial charge in [0.1, 0.15) is 16.2 Å². The standard InChI is InChI=1S/3CHNS.Na.H/c3*2-1-3;;/h3*3H;;/q;;;+1;-1. The van der Waals surface area contributed by atoms with E-state index in [0.717, 1.165) is 0 Å². The Balaban J connectivity index is -0.0000000150. The zero-order valence-corrected chi connectivity index (χ0v) is 9.87. The first kappa shape index (κ1) is 22.4. The van der Waals surface area contributed by atoms with Crippen molar-refractivity contribution in [1.29, 1.82) is 15.8 Å². The van der Waals surface area contributed by atoms with Crippen LogP contribution in [0.1, 0.15) is 1.43 Å². The van der Waals surface area contributed by atoms with Gasteiger partial charge in [-0.3, -0.25) is 0 Å². The molecule has 0 aromatic rings. The summed E-state index contributed by atoms with van der Waals surface area (Å²) in [7, 11) is 0. The number of thiol groups is 3. The molecule has 0 heterocycles. The summed E-state index contributed by atoms with van der Waals surface area (Å²) in [4.78, 5) is 0. The van der Waals surface area contributed by atoms with Crippen molar-refractivity contribution in [3.05, 3.63) is 0 Å². The van der Waals surface area contributed by atoms with E-state index in [-0.39, 0.29) is 31.0 Å². The summed E-state index contributed by atoms with van der Waals surface area (Å²) >= 11 is 9.28. The maximum atomic E-state index is 7.18. The summed E-state index contributed by atoms with van der Waals surface area (Å²) < 4.78 is 0. The van der Waals surface area contributed by atoms with E-state index in [4.69, 9.17) is 15.8 Å². The van der Waals surface area contributed by atoms with Gasteiger partial charge in [0, 0.05) is 0 Å². The van der Waals surface area contributed by atoms with E-state index in [2.05, 4.69) is 37.9 Å². The van der Waals surface area contributed by atoms with Crippen LogP contribution in [-0.4, -0.2) is 0 Å². The van der Waals surface area contributed by atoms with E-state index in [1.807, 2.05) is 0 Å². The Hall–Kier alpha value is 0.520. The molecule has 0 bridgehead atoms. The van der Waals surface area contributed by atoms with Crippen LogP contribution in [0.25, 0.3) is 0 Å². The molecule has 0 radical (unpaired) electrons. The number of rotatable bonds is 0. The Morgan fingerprint density at radius 3 is 0.800 bits per heavy atom. The zero-order chi connectivity index (χ0) is 8.12. The predicted molar refractivity (Wildman–Crippen MR) is 44.9 cm³/mol. The van der Waals surface area contributed by atoms with E-state index >= 15 is 0 Å². The molecular formula is C3H4N3NaS3. The molecular weight excluding hydrogens is 197 g/mol. The van der Waals surface area contributed by atoms with E-state index in [1.54, 1.807) is 0 Å². The number of hydrogen-bond acceptors (Lipinski definition) is 6. The molecule has 3 nitrogen and oxygen atoms in total. The largest absolute Gasteiger partial charge is 1.00 e. The van der Waals surface area contributed by atoms with Crippen LogP contribution in [0, 0.1) is 32.0 Å². The van der Waals surface area contributed by atoms with Gasteiger partial charge < -0.3 is 1.43 Å². The van der Waals surface area contributed by atoms with Gasteiger partial charge in [-0.05, 0) is 0 Å². The van der Waals surface area contributed by atoms with Gasteiger partial charge in [0.2, 0.25) is 0 Å². The summed E-state index contributed by atoms with van der Waals surface area (Å²) in [5.74, 6) is 0. The van der Waals surface area contributed by atoms with Gasteiger partial charge in [0.15, 0.2) is 0 Å². The molecule has 0 aromatic carbocycles. The summed E-state index contributed by atoms with van der Waals surface area (Å²) in [6, 6.07) is 0. The monoisotopic (exact) mass is 201 g/mol. The molecule has 0 spiro atoms. The van der Waals surface area contributed by atoms with Gasteiger partial charge in [-0.25, -0.2) is 0 Å². The first-order valence-electron chi connectivity index (χ1n) is 1.34. The Bertz CT molecular complexity index is 117. The molecule has 10 heavy (non-hydrogen) atoms. The van der Waals surface area contributed by atoms with E-state index < -0.39 is 0 Å². The fraction of sp³-hybridized carbons (Fsp3) is 0. The summed E-state index contributed by atoms with van der Waals surface area (Å²) in [6.45, 7) is 0.